The first-order chi connectivity index (χ1) is 7.22. The Balaban J connectivity index is 2.32. The third-order valence-corrected chi connectivity index (χ3v) is 2.69. The van der Waals surface area contributed by atoms with Gasteiger partial charge in [0.05, 0.1) is 0 Å². The molecular weight excluding hydrogens is 210 g/mol. The number of hydrogen-bond donors (Lipinski definition) is 1. The highest BCUT2D eigenvalue weighted by molar-refractivity contribution is 7.71. The second kappa shape index (κ2) is 3.98. The first kappa shape index (κ1) is 10.1. The summed E-state index contributed by atoms with van der Waals surface area (Å²) in [5.74, 6) is 0.911. The Morgan fingerprint density at radius 2 is 2.33 bits per heavy atom. The van der Waals surface area contributed by atoms with Gasteiger partial charge in [-0.3, -0.25) is 9.78 Å². The third kappa shape index (κ3) is 1.85. The minimum atomic E-state index is 0.653. The summed E-state index contributed by atoms with van der Waals surface area (Å²) in [5, 5.41) is 11.2. The van der Waals surface area contributed by atoms with Gasteiger partial charge in [-0.2, -0.15) is 10.2 Å². The molecule has 0 saturated heterocycles. The third-order valence-electron chi connectivity index (χ3n) is 2.37. The van der Waals surface area contributed by atoms with Crippen molar-refractivity contribution in [3.63, 3.8) is 0 Å². The van der Waals surface area contributed by atoms with Crippen LogP contribution in [0.3, 0.4) is 0 Å². The van der Waals surface area contributed by atoms with E-state index < -0.39 is 0 Å². The van der Waals surface area contributed by atoms with Crippen molar-refractivity contribution in [3.05, 3.63) is 28.6 Å². The average molecular weight is 223 g/mol. The fourth-order valence-electron chi connectivity index (χ4n) is 1.50. The zero-order valence-electron chi connectivity index (χ0n) is 8.77. The van der Waals surface area contributed by atoms with Crippen LogP contribution in [0.25, 0.3) is 0 Å². The Morgan fingerprint density at radius 1 is 1.53 bits per heavy atom. The molecule has 1 N–H and O–H groups in total. The van der Waals surface area contributed by atoms with Gasteiger partial charge in [0.25, 0.3) is 0 Å². The number of nitrogens with zero attached hydrogens (tertiary/aromatic N) is 4. The molecule has 2 rings (SSSR count). The number of aromatic nitrogens is 5. The summed E-state index contributed by atoms with van der Waals surface area (Å²) in [6.45, 7) is 5.54. The van der Waals surface area contributed by atoms with E-state index in [1.807, 2.05) is 29.2 Å². The minimum Gasteiger partial charge on any atom is -0.303 e. The summed E-state index contributed by atoms with van der Waals surface area (Å²) in [4.78, 5) is 0. The predicted octanol–water partition coefficient (Wildman–Crippen LogP) is 1.51. The molecule has 0 spiro atoms. The van der Waals surface area contributed by atoms with Gasteiger partial charge in [-0.1, -0.05) is 0 Å². The SMILES string of the molecule is CCn1c(Cn2nccc2C)n[nH]c1=S. The Kier molecular flexibility index (Phi) is 2.68. The molecular formula is C9H13N5S. The number of rotatable bonds is 3. The highest BCUT2D eigenvalue weighted by Crippen LogP contribution is 2.03. The van der Waals surface area contributed by atoms with E-state index in [4.69, 9.17) is 12.2 Å². The van der Waals surface area contributed by atoms with E-state index in [0.717, 1.165) is 18.1 Å². The van der Waals surface area contributed by atoms with Crippen LogP contribution in [0.15, 0.2) is 12.3 Å². The second-order valence-electron chi connectivity index (χ2n) is 3.32. The van der Waals surface area contributed by atoms with Crippen LogP contribution in [0.4, 0.5) is 0 Å². The van der Waals surface area contributed by atoms with Gasteiger partial charge in [-0.05, 0) is 32.1 Å². The van der Waals surface area contributed by atoms with E-state index >= 15 is 0 Å². The molecule has 0 radical (unpaired) electrons. The van der Waals surface area contributed by atoms with Crippen molar-refractivity contribution < 1.29 is 0 Å². The molecule has 6 heteroatoms. The van der Waals surface area contributed by atoms with E-state index in [1.165, 1.54) is 0 Å². The Labute approximate surface area is 92.7 Å². The van der Waals surface area contributed by atoms with Crippen molar-refractivity contribution >= 4 is 12.2 Å². The van der Waals surface area contributed by atoms with Crippen LogP contribution in [0, 0.1) is 11.7 Å². The summed E-state index contributed by atoms with van der Waals surface area (Å²) < 4.78 is 4.53. The van der Waals surface area contributed by atoms with Gasteiger partial charge in [0.15, 0.2) is 10.6 Å². The predicted molar refractivity (Wildman–Crippen MR) is 59.2 cm³/mol. The van der Waals surface area contributed by atoms with Crippen LogP contribution in [0.1, 0.15) is 18.4 Å². The molecule has 0 fully saturated rings. The molecule has 0 saturated carbocycles. The van der Waals surface area contributed by atoms with E-state index in [1.54, 1.807) is 6.20 Å². The average Bonchev–Trinajstić information content (AvgIpc) is 2.76. The van der Waals surface area contributed by atoms with Crippen LogP contribution < -0.4 is 0 Å². The lowest BCUT2D eigenvalue weighted by Crippen LogP contribution is -2.10. The maximum atomic E-state index is 5.12. The highest BCUT2D eigenvalue weighted by atomic mass is 32.1. The van der Waals surface area contributed by atoms with Gasteiger partial charge in [0.1, 0.15) is 6.54 Å². The zero-order valence-corrected chi connectivity index (χ0v) is 9.58. The smallest absolute Gasteiger partial charge is 0.195 e. The normalized spacial score (nSPS) is 10.8. The van der Waals surface area contributed by atoms with Gasteiger partial charge in [-0.25, -0.2) is 0 Å². The molecule has 0 aromatic carbocycles. The topological polar surface area (TPSA) is 51.4 Å². The fourth-order valence-corrected chi connectivity index (χ4v) is 1.78. The van der Waals surface area contributed by atoms with Crippen molar-refractivity contribution in [1.29, 1.82) is 0 Å². The summed E-state index contributed by atoms with van der Waals surface area (Å²) >= 11 is 5.12. The number of hydrogen-bond acceptors (Lipinski definition) is 3. The molecule has 0 atom stereocenters. The van der Waals surface area contributed by atoms with E-state index in [-0.39, 0.29) is 0 Å². The molecule has 2 heterocycles. The summed E-state index contributed by atoms with van der Waals surface area (Å²) in [5.41, 5.74) is 1.12. The molecule has 0 aliphatic heterocycles. The van der Waals surface area contributed by atoms with Crippen LogP contribution in [0.2, 0.25) is 0 Å². The number of aryl methyl sites for hydroxylation is 1. The Hall–Kier alpha value is -1.43. The van der Waals surface area contributed by atoms with E-state index in [2.05, 4.69) is 15.3 Å². The highest BCUT2D eigenvalue weighted by Gasteiger charge is 2.06. The largest absolute Gasteiger partial charge is 0.303 e. The quantitative estimate of drug-likeness (QED) is 0.802. The molecule has 0 aliphatic rings. The van der Waals surface area contributed by atoms with Gasteiger partial charge in [-0.15, -0.1) is 0 Å². The molecule has 80 valence electrons. The number of H-pyrrole nitrogens is 1. The summed E-state index contributed by atoms with van der Waals surface area (Å²) in [7, 11) is 0. The molecule has 0 amide bonds. The molecule has 2 aromatic heterocycles. The molecule has 15 heavy (non-hydrogen) atoms. The van der Waals surface area contributed by atoms with Crippen LogP contribution >= 0.6 is 12.2 Å². The van der Waals surface area contributed by atoms with Crippen LogP contribution in [0.5, 0.6) is 0 Å². The lowest BCUT2D eigenvalue weighted by molar-refractivity contribution is 0.592. The maximum Gasteiger partial charge on any atom is 0.195 e. The number of aromatic amines is 1. The van der Waals surface area contributed by atoms with Gasteiger partial charge < -0.3 is 4.57 Å². The Bertz CT molecular complexity index is 507. The van der Waals surface area contributed by atoms with E-state index in [9.17, 15) is 0 Å². The molecule has 2 aromatic rings. The minimum absolute atomic E-state index is 0.653. The van der Waals surface area contributed by atoms with Crippen molar-refractivity contribution in [2.75, 3.05) is 0 Å². The maximum absolute atomic E-state index is 5.12. The van der Waals surface area contributed by atoms with Gasteiger partial charge in [0, 0.05) is 18.4 Å². The first-order valence-electron chi connectivity index (χ1n) is 4.85. The fraction of sp³-hybridized carbons (Fsp3) is 0.444. The number of nitrogens with one attached hydrogen (secondary N) is 1. The lowest BCUT2D eigenvalue weighted by Gasteiger charge is -2.05. The molecule has 5 nitrogen and oxygen atoms in total. The van der Waals surface area contributed by atoms with Crippen LogP contribution in [-0.2, 0) is 13.1 Å². The second-order valence-corrected chi connectivity index (χ2v) is 3.71. The standard InChI is InChI=1S/C9H13N5S/c1-3-13-8(11-12-9(13)15)6-14-7(2)4-5-10-14/h4-5H,3,6H2,1-2H3,(H,12,15). The lowest BCUT2D eigenvalue weighted by atomic mass is 10.4. The molecule has 0 unspecified atom stereocenters. The Morgan fingerprint density at radius 3 is 2.93 bits per heavy atom. The van der Waals surface area contributed by atoms with Crippen molar-refractivity contribution in [2.45, 2.75) is 26.9 Å². The van der Waals surface area contributed by atoms with Crippen molar-refractivity contribution in [2.24, 2.45) is 0 Å². The summed E-state index contributed by atoms with van der Waals surface area (Å²) in [6, 6.07) is 1.97. The first-order valence-corrected chi connectivity index (χ1v) is 5.25. The van der Waals surface area contributed by atoms with Crippen LogP contribution in [-0.4, -0.2) is 24.5 Å². The summed E-state index contributed by atoms with van der Waals surface area (Å²) in [6.07, 6.45) is 1.78. The molecule has 0 aliphatic carbocycles. The van der Waals surface area contributed by atoms with E-state index in [0.29, 0.717) is 11.3 Å². The zero-order chi connectivity index (χ0) is 10.8. The van der Waals surface area contributed by atoms with Gasteiger partial charge >= 0.3 is 0 Å². The monoisotopic (exact) mass is 223 g/mol. The molecule has 0 bridgehead atoms. The van der Waals surface area contributed by atoms with Gasteiger partial charge in [0.2, 0.25) is 0 Å². The van der Waals surface area contributed by atoms with Crippen molar-refractivity contribution in [3.8, 4) is 0 Å². The van der Waals surface area contributed by atoms with Crippen molar-refractivity contribution in [1.82, 2.24) is 24.5 Å².